The molecule has 2 heterocycles. The van der Waals surface area contributed by atoms with Crippen molar-refractivity contribution in [3.63, 3.8) is 0 Å². The van der Waals surface area contributed by atoms with Crippen LogP contribution in [0.3, 0.4) is 0 Å². The van der Waals surface area contributed by atoms with Gasteiger partial charge >= 0.3 is 0 Å². The van der Waals surface area contributed by atoms with Gasteiger partial charge in [-0.05, 0) is 60.7 Å². The van der Waals surface area contributed by atoms with Gasteiger partial charge in [-0.1, -0.05) is 29.5 Å². The van der Waals surface area contributed by atoms with E-state index < -0.39 is 6.04 Å². The summed E-state index contributed by atoms with van der Waals surface area (Å²) in [7, 11) is 1.58. The Bertz CT molecular complexity index is 1260. The number of amides is 2. The Morgan fingerprint density at radius 1 is 1.12 bits per heavy atom. The monoisotopic (exact) mass is 477 g/mol. The number of carbonyl (C=O) groups excluding carboxylic acids is 2. The van der Waals surface area contributed by atoms with Crippen LogP contribution in [0.5, 0.6) is 0 Å². The first kappa shape index (κ1) is 23.6. The number of methoxy groups -OCH3 is 1. The standard InChI is InChI=1S/C25H27N5O3S/c1-17-13-18(2)15-19(14-17)30(23(31)16-29-21-8-5-4-7-20(21)27-28-29)24(22-9-6-12-34-22)25(32)26-10-11-33-3/h4-9,12-15,24H,10-11,16H2,1-3H3,(H,26,32)/t24-/m1/s1. The van der Waals surface area contributed by atoms with Crippen LogP contribution in [-0.4, -0.2) is 47.1 Å². The Balaban J connectivity index is 1.77. The molecule has 1 atom stereocenters. The Morgan fingerprint density at radius 2 is 1.88 bits per heavy atom. The quantitative estimate of drug-likeness (QED) is 0.372. The van der Waals surface area contributed by atoms with E-state index in [9.17, 15) is 9.59 Å². The fourth-order valence-electron chi connectivity index (χ4n) is 3.96. The van der Waals surface area contributed by atoms with Gasteiger partial charge in [-0.2, -0.15) is 0 Å². The van der Waals surface area contributed by atoms with E-state index in [-0.39, 0.29) is 18.4 Å². The minimum Gasteiger partial charge on any atom is -0.383 e. The van der Waals surface area contributed by atoms with Gasteiger partial charge < -0.3 is 10.1 Å². The van der Waals surface area contributed by atoms with E-state index in [1.807, 2.05) is 73.8 Å². The molecule has 0 aliphatic heterocycles. The third-order valence-corrected chi connectivity index (χ3v) is 6.31. The Morgan fingerprint density at radius 3 is 2.59 bits per heavy atom. The summed E-state index contributed by atoms with van der Waals surface area (Å²) in [5.41, 5.74) is 4.13. The number of thiophene rings is 1. The zero-order valence-electron chi connectivity index (χ0n) is 19.4. The number of nitrogens with one attached hydrogen (secondary N) is 1. The second kappa shape index (κ2) is 10.6. The van der Waals surface area contributed by atoms with Crippen molar-refractivity contribution in [1.29, 1.82) is 0 Å². The maximum absolute atomic E-state index is 13.9. The van der Waals surface area contributed by atoms with Crippen molar-refractivity contribution in [2.75, 3.05) is 25.2 Å². The van der Waals surface area contributed by atoms with Gasteiger partial charge in [-0.15, -0.1) is 16.4 Å². The molecule has 34 heavy (non-hydrogen) atoms. The SMILES string of the molecule is COCCNC(=O)[C@@H](c1cccs1)N(C(=O)Cn1nnc2ccccc21)c1cc(C)cc(C)c1. The van der Waals surface area contributed by atoms with Crippen LogP contribution >= 0.6 is 11.3 Å². The van der Waals surface area contributed by atoms with E-state index >= 15 is 0 Å². The molecule has 0 fully saturated rings. The second-order valence-electron chi connectivity index (χ2n) is 8.05. The molecular weight excluding hydrogens is 450 g/mol. The van der Waals surface area contributed by atoms with Crippen LogP contribution in [-0.2, 0) is 20.9 Å². The minimum absolute atomic E-state index is 0.0548. The summed E-state index contributed by atoms with van der Waals surface area (Å²) in [6.07, 6.45) is 0. The van der Waals surface area contributed by atoms with Crippen LogP contribution in [0.15, 0.2) is 60.0 Å². The summed E-state index contributed by atoms with van der Waals surface area (Å²) in [6, 6.07) is 16.3. The van der Waals surface area contributed by atoms with E-state index in [4.69, 9.17) is 4.74 Å². The number of para-hydroxylation sites is 1. The molecule has 1 N–H and O–H groups in total. The largest absolute Gasteiger partial charge is 0.383 e. The lowest BCUT2D eigenvalue weighted by atomic mass is 10.1. The Labute approximate surface area is 202 Å². The first-order valence-electron chi connectivity index (χ1n) is 11.0. The van der Waals surface area contributed by atoms with Gasteiger partial charge in [0, 0.05) is 24.2 Å². The van der Waals surface area contributed by atoms with Gasteiger partial charge in [0.25, 0.3) is 0 Å². The maximum Gasteiger partial charge on any atom is 0.249 e. The molecule has 2 aromatic heterocycles. The number of carbonyl (C=O) groups is 2. The lowest BCUT2D eigenvalue weighted by Gasteiger charge is -2.31. The highest BCUT2D eigenvalue weighted by Gasteiger charge is 2.34. The molecule has 4 rings (SSSR count). The lowest BCUT2D eigenvalue weighted by Crippen LogP contribution is -2.45. The maximum atomic E-state index is 13.9. The summed E-state index contributed by atoms with van der Waals surface area (Å²) in [4.78, 5) is 29.7. The van der Waals surface area contributed by atoms with Crippen LogP contribution < -0.4 is 10.2 Å². The Hall–Kier alpha value is -3.56. The fraction of sp³-hybridized carbons (Fsp3) is 0.280. The molecule has 0 radical (unpaired) electrons. The summed E-state index contributed by atoms with van der Waals surface area (Å²) >= 11 is 1.44. The van der Waals surface area contributed by atoms with Gasteiger partial charge in [0.2, 0.25) is 11.8 Å². The lowest BCUT2D eigenvalue weighted by molar-refractivity contribution is -0.127. The summed E-state index contributed by atoms with van der Waals surface area (Å²) < 4.78 is 6.66. The molecule has 176 valence electrons. The van der Waals surface area contributed by atoms with Crippen LogP contribution in [0, 0.1) is 13.8 Å². The number of aromatic nitrogens is 3. The minimum atomic E-state index is -0.833. The van der Waals surface area contributed by atoms with Gasteiger partial charge in [0.15, 0.2) is 0 Å². The van der Waals surface area contributed by atoms with Crippen LogP contribution in [0.25, 0.3) is 11.0 Å². The van der Waals surface area contributed by atoms with E-state index in [1.165, 1.54) is 11.3 Å². The molecule has 0 aliphatic carbocycles. The van der Waals surface area contributed by atoms with E-state index in [0.29, 0.717) is 24.4 Å². The van der Waals surface area contributed by atoms with Gasteiger partial charge in [-0.25, -0.2) is 4.68 Å². The molecule has 0 saturated carbocycles. The first-order valence-corrected chi connectivity index (χ1v) is 11.8. The highest BCUT2D eigenvalue weighted by atomic mass is 32.1. The van der Waals surface area contributed by atoms with Gasteiger partial charge in [0.1, 0.15) is 18.1 Å². The normalized spacial score (nSPS) is 12.0. The van der Waals surface area contributed by atoms with Crippen LogP contribution in [0.2, 0.25) is 0 Å². The van der Waals surface area contributed by atoms with E-state index in [1.54, 1.807) is 16.7 Å². The third kappa shape index (κ3) is 5.16. The molecule has 0 bridgehead atoms. The van der Waals surface area contributed by atoms with Crippen molar-refractivity contribution in [3.8, 4) is 0 Å². The first-order chi connectivity index (χ1) is 16.5. The van der Waals surface area contributed by atoms with Crippen molar-refractivity contribution in [1.82, 2.24) is 20.3 Å². The average Bonchev–Trinajstić information content (AvgIpc) is 3.47. The molecule has 0 saturated heterocycles. The van der Waals surface area contributed by atoms with Crippen LogP contribution in [0.4, 0.5) is 5.69 Å². The fourth-order valence-corrected chi connectivity index (χ4v) is 4.77. The number of anilines is 1. The van der Waals surface area contributed by atoms with Gasteiger partial charge in [0.05, 0.1) is 12.1 Å². The third-order valence-electron chi connectivity index (χ3n) is 5.38. The highest BCUT2D eigenvalue weighted by Crippen LogP contribution is 2.32. The number of nitrogens with zero attached hydrogens (tertiary/aromatic N) is 4. The van der Waals surface area contributed by atoms with Crippen molar-refractivity contribution in [2.45, 2.75) is 26.4 Å². The smallest absolute Gasteiger partial charge is 0.249 e. The number of aryl methyl sites for hydroxylation is 2. The average molecular weight is 478 g/mol. The van der Waals surface area contributed by atoms with E-state index in [0.717, 1.165) is 21.5 Å². The summed E-state index contributed by atoms with van der Waals surface area (Å²) in [6.45, 7) is 4.62. The van der Waals surface area contributed by atoms with Gasteiger partial charge in [-0.3, -0.25) is 14.5 Å². The molecule has 0 unspecified atom stereocenters. The molecule has 0 aliphatic rings. The molecule has 4 aromatic rings. The zero-order chi connectivity index (χ0) is 24.1. The number of hydrogen-bond acceptors (Lipinski definition) is 6. The number of ether oxygens (including phenoxy) is 1. The molecule has 2 amide bonds. The van der Waals surface area contributed by atoms with Crippen molar-refractivity contribution in [3.05, 3.63) is 76.0 Å². The predicted molar refractivity (Wildman–Crippen MR) is 133 cm³/mol. The molecule has 2 aromatic carbocycles. The summed E-state index contributed by atoms with van der Waals surface area (Å²) in [5.74, 6) is -0.531. The Kier molecular flexibility index (Phi) is 7.34. The number of fused-ring (bicyclic) bond motifs is 1. The number of hydrogen-bond donors (Lipinski definition) is 1. The van der Waals surface area contributed by atoms with E-state index in [2.05, 4.69) is 15.6 Å². The van der Waals surface area contributed by atoms with Crippen LogP contribution in [0.1, 0.15) is 22.0 Å². The van der Waals surface area contributed by atoms with Crippen molar-refractivity contribution < 1.29 is 14.3 Å². The second-order valence-corrected chi connectivity index (χ2v) is 9.03. The number of benzene rings is 2. The molecular formula is C25H27N5O3S. The van der Waals surface area contributed by atoms with Crippen molar-refractivity contribution in [2.24, 2.45) is 0 Å². The summed E-state index contributed by atoms with van der Waals surface area (Å²) in [5, 5.41) is 13.2. The highest BCUT2D eigenvalue weighted by molar-refractivity contribution is 7.10. The molecule has 9 heteroatoms. The number of rotatable bonds is 9. The molecule has 0 spiro atoms. The molecule has 8 nitrogen and oxygen atoms in total. The topological polar surface area (TPSA) is 89.4 Å². The van der Waals surface area contributed by atoms with Crippen molar-refractivity contribution >= 4 is 39.9 Å². The predicted octanol–water partition coefficient (Wildman–Crippen LogP) is 3.65. The zero-order valence-corrected chi connectivity index (χ0v) is 20.2.